The van der Waals surface area contributed by atoms with Crippen molar-refractivity contribution in [2.75, 3.05) is 19.6 Å². The van der Waals surface area contributed by atoms with E-state index in [1.54, 1.807) is 24.3 Å². The summed E-state index contributed by atoms with van der Waals surface area (Å²) < 4.78 is 0. The van der Waals surface area contributed by atoms with Gasteiger partial charge in [-0.2, -0.15) is 0 Å². The minimum absolute atomic E-state index is 0.113. The molecule has 0 aliphatic carbocycles. The summed E-state index contributed by atoms with van der Waals surface area (Å²) in [5.74, 6) is -0.120. The standard InChI is InChI=1S/C20H23ClN2O3/c21-17-8-6-15(7-9-17)10-19(25)23-12-18(24)20(26,14-23)13-22-11-16-4-2-1-3-5-16/h1-9,18,22,24,26H,10-14H2/t18-,20+/m1/s1. The summed E-state index contributed by atoms with van der Waals surface area (Å²) in [6, 6.07) is 16.9. The zero-order chi connectivity index (χ0) is 18.6. The van der Waals surface area contributed by atoms with E-state index in [2.05, 4.69) is 5.32 Å². The molecule has 1 fully saturated rings. The molecule has 6 heteroatoms. The number of nitrogens with zero attached hydrogens (tertiary/aromatic N) is 1. The molecule has 0 bridgehead atoms. The molecule has 2 atom stereocenters. The first kappa shape index (κ1) is 18.9. The molecule has 138 valence electrons. The van der Waals surface area contributed by atoms with E-state index in [1.807, 2.05) is 30.3 Å². The average Bonchev–Trinajstić information content (AvgIpc) is 2.93. The number of likely N-dealkylation sites (tertiary alicyclic amines) is 1. The molecule has 3 rings (SSSR count). The number of hydrogen-bond acceptors (Lipinski definition) is 4. The number of aliphatic hydroxyl groups is 2. The number of carbonyl (C=O) groups is 1. The van der Waals surface area contributed by atoms with Gasteiger partial charge in [0.1, 0.15) is 11.7 Å². The topological polar surface area (TPSA) is 72.8 Å². The van der Waals surface area contributed by atoms with Crippen molar-refractivity contribution in [2.45, 2.75) is 24.7 Å². The number of hydrogen-bond donors (Lipinski definition) is 3. The molecule has 1 saturated heterocycles. The molecule has 1 heterocycles. The Morgan fingerprint density at radius 1 is 1.15 bits per heavy atom. The Hall–Kier alpha value is -1.92. The third-order valence-corrected chi connectivity index (χ3v) is 4.95. The van der Waals surface area contributed by atoms with Crippen LogP contribution < -0.4 is 5.32 Å². The van der Waals surface area contributed by atoms with Gasteiger partial charge < -0.3 is 20.4 Å². The van der Waals surface area contributed by atoms with Crippen LogP contribution in [0.1, 0.15) is 11.1 Å². The van der Waals surface area contributed by atoms with Crippen LogP contribution in [0.25, 0.3) is 0 Å². The first-order chi connectivity index (χ1) is 12.5. The Labute approximate surface area is 158 Å². The highest BCUT2D eigenvalue weighted by atomic mass is 35.5. The lowest BCUT2D eigenvalue weighted by Gasteiger charge is -2.26. The number of amides is 1. The van der Waals surface area contributed by atoms with Gasteiger partial charge in [-0.1, -0.05) is 54.1 Å². The van der Waals surface area contributed by atoms with Gasteiger partial charge in [-0.3, -0.25) is 4.79 Å². The molecule has 2 aromatic carbocycles. The second-order valence-electron chi connectivity index (χ2n) is 6.79. The monoisotopic (exact) mass is 374 g/mol. The predicted molar refractivity (Wildman–Crippen MR) is 101 cm³/mol. The van der Waals surface area contributed by atoms with Crippen LogP contribution in [0.3, 0.4) is 0 Å². The van der Waals surface area contributed by atoms with Crippen molar-refractivity contribution in [1.82, 2.24) is 10.2 Å². The Bertz CT molecular complexity index is 738. The molecule has 0 radical (unpaired) electrons. The molecular formula is C20H23ClN2O3. The Morgan fingerprint density at radius 2 is 1.85 bits per heavy atom. The van der Waals surface area contributed by atoms with E-state index in [9.17, 15) is 15.0 Å². The highest BCUT2D eigenvalue weighted by molar-refractivity contribution is 6.30. The van der Waals surface area contributed by atoms with Crippen molar-refractivity contribution in [3.05, 3.63) is 70.7 Å². The lowest BCUT2D eigenvalue weighted by atomic mass is 10.0. The van der Waals surface area contributed by atoms with Gasteiger partial charge in [-0.15, -0.1) is 0 Å². The minimum atomic E-state index is -1.34. The van der Waals surface area contributed by atoms with Crippen LogP contribution in [0.2, 0.25) is 5.02 Å². The van der Waals surface area contributed by atoms with E-state index >= 15 is 0 Å². The summed E-state index contributed by atoms with van der Waals surface area (Å²) >= 11 is 5.86. The summed E-state index contributed by atoms with van der Waals surface area (Å²) in [7, 11) is 0. The van der Waals surface area contributed by atoms with Gasteiger partial charge in [0, 0.05) is 24.7 Å². The Morgan fingerprint density at radius 3 is 2.54 bits per heavy atom. The highest BCUT2D eigenvalue weighted by Crippen LogP contribution is 2.22. The van der Waals surface area contributed by atoms with Crippen LogP contribution in [0.4, 0.5) is 0 Å². The maximum Gasteiger partial charge on any atom is 0.227 e. The first-order valence-corrected chi connectivity index (χ1v) is 9.01. The summed E-state index contributed by atoms with van der Waals surface area (Å²) in [5, 5.41) is 24.8. The molecule has 5 nitrogen and oxygen atoms in total. The predicted octanol–water partition coefficient (Wildman–Crippen LogP) is 1.61. The molecular weight excluding hydrogens is 352 g/mol. The minimum Gasteiger partial charge on any atom is -0.388 e. The van der Waals surface area contributed by atoms with Crippen molar-refractivity contribution in [3.63, 3.8) is 0 Å². The lowest BCUT2D eigenvalue weighted by Crippen LogP contribution is -2.50. The Balaban J connectivity index is 1.53. The maximum atomic E-state index is 12.5. The van der Waals surface area contributed by atoms with Crippen LogP contribution in [-0.2, 0) is 17.8 Å². The van der Waals surface area contributed by atoms with Gasteiger partial charge in [0.15, 0.2) is 0 Å². The van der Waals surface area contributed by atoms with Crippen molar-refractivity contribution < 1.29 is 15.0 Å². The molecule has 1 amide bonds. The van der Waals surface area contributed by atoms with E-state index < -0.39 is 11.7 Å². The summed E-state index contributed by atoms with van der Waals surface area (Å²) in [5.41, 5.74) is 0.607. The third kappa shape index (κ3) is 4.62. The molecule has 1 aliphatic rings. The zero-order valence-electron chi connectivity index (χ0n) is 14.4. The fourth-order valence-corrected chi connectivity index (χ4v) is 3.28. The van der Waals surface area contributed by atoms with E-state index in [0.29, 0.717) is 11.6 Å². The van der Waals surface area contributed by atoms with Crippen LogP contribution in [0, 0.1) is 0 Å². The summed E-state index contributed by atoms with van der Waals surface area (Å²) in [4.78, 5) is 14.0. The van der Waals surface area contributed by atoms with Crippen molar-refractivity contribution >= 4 is 17.5 Å². The fourth-order valence-electron chi connectivity index (χ4n) is 3.15. The first-order valence-electron chi connectivity index (χ1n) is 8.63. The smallest absolute Gasteiger partial charge is 0.227 e. The second-order valence-corrected chi connectivity index (χ2v) is 7.22. The van der Waals surface area contributed by atoms with Gasteiger partial charge in [-0.25, -0.2) is 0 Å². The number of β-amino-alcohol motifs (C(OH)–C–C–N with tert-alkyl or cyclic N) is 2. The molecule has 0 spiro atoms. The lowest BCUT2D eigenvalue weighted by molar-refractivity contribution is -0.130. The van der Waals surface area contributed by atoms with Gasteiger partial charge in [0.25, 0.3) is 0 Å². The number of halogens is 1. The maximum absolute atomic E-state index is 12.5. The van der Waals surface area contributed by atoms with Gasteiger partial charge in [0.2, 0.25) is 5.91 Å². The molecule has 2 aromatic rings. The van der Waals surface area contributed by atoms with Crippen LogP contribution in [-0.4, -0.2) is 52.4 Å². The van der Waals surface area contributed by atoms with Gasteiger partial charge in [-0.05, 0) is 23.3 Å². The summed E-state index contributed by atoms with van der Waals surface area (Å²) in [6.45, 7) is 1.06. The van der Waals surface area contributed by atoms with Crippen molar-refractivity contribution in [1.29, 1.82) is 0 Å². The molecule has 0 saturated carbocycles. The molecule has 3 N–H and O–H groups in total. The quantitative estimate of drug-likeness (QED) is 0.718. The molecule has 26 heavy (non-hydrogen) atoms. The van der Waals surface area contributed by atoms with E-state index in [-0.39, 0.29) is 32.0 Å². The molecule has 0 aromatic heterocycles. The van der Waals surface area contributed by atoms with E-state index in [1.165, 1.54) is 4.90 Å². The number of nitrogens with one attached hydrogen (secondary N) is 1. The third-order valence-electron chi connectivity index (χ3n) is 4.70. The van der Waals surface area contributed by atoms with Crippen LogP contribution in [0.5, 0.6) is 0 Å². The highest BCUT2D eigenvalue weighted by Gasteiger charge is 2.45. The van der Waals surface area contributed by atoms with Crippen molar-refractivity contribution in [2.24, 2.45) is 0 Å². The van der Waals surface area contributed by atoms with E-state index in [0.717, 1.165) is 11.1 Å². The Kier molecular flexibility index (Phi) is 5.94. The molecule has 1 aliphatic heterocycles. The largest absolute Gasteiger partial charge is 0.388 e. The zero-order valence-corrected chi connectivity index (χ0v) is 15.2. The van der Waals surface area contributed by atoms with Crippen LogP contribution >= 0.6 is 11.6 Å². The van der Waals surface area contributed by atoms with Gasteiger partial charge >= 0.3 is 0 Å². The second kappa shape index (κ2) is 8.18. The van der Waals surface area contributed by atoms with Crippen molar-refractivity contribution in [3.8, 4) is 0 Å². The van der Waals surface area contributed by atoms with Crippen LogP contribution in [0.15, 0.2) is 54.6 Å². The molecule has 0 unspecified atom stereocenters. The van der Waals surface area contributed by atoms with E-state index in [4.69, 9.17) is 11.6 Å². The summed E-state index contributed by atoms with van der Waals surface area (Å²) in [6.07, 6.45) is -0.753. The number of rotatable bonds is 6. The number of carbonyl (C=O) groups excluding carboxylic acids is 1. The van der Waals surface area contributed by atoms with Gasteiger partial charge in [0.05, 0.1) is 13.0 Å². The SMILES string of the molecule is O=C(Cc1ccc(Cl)cc1)N1C[C@@H](O)[C@](O)(CNCc2ccccc2)C1. The average molecular weight is 375 g/mol. The fraction of sp³-hybridized carbons (Fsp3) is 0.350. The number of aliphatic hydroxyl groups excluding tert-OH is 1. The number of benzene rings is 2. The normalized spacial score (nSPS) is 22.6.